The second-order valence-electron chi connectivity index (χ2n) is 6.56. The van der Waals surface area contributed by atoms with Gasteiger partial charge >= 0.3 is 0 Å². The maximum Gasteiger partial charge on any atom is 0.248 e. The van der Waals surface area contributed by atoms with Crippen molar-refractivity contribution in [1.29, 1.82) is 0 Å². The Morgan fingerprint density at radius 3 is 2.59 bits per heavy atom. The fraction of sp³-hybridized carbons (Fsp3) is 0.929. The molecule has 2 saturated heterocycles. The molecule has 22 heavy (non-hydrogen) atoms. The lowest BCUT2D eigenvalue weighted by molar-refractivity contribution is -0.138. The summed E-state index contributed by atoms with van der Waals surface area (Å²) in [6.07, 6.45) is 0.839. The highest BCUT2D eigenvalue weighted by atomic mass is 32.2. The number of hydrogen-bond donors (Lipinski definition) is 0. The highest BCUT2D eigenvalue weighted by Gasteiger charge is 2.56. The number of sulfonamides is 1. The summed E-state index contributed by atoms with van der Waals surface area (Å²) in [5.41, 5.74) is -0.427. The van der Waals surface area contributed by atoms with Crippen molar-refractivity contribution in [2.45, 2.75) is 31.1 Å². The average Bonchev–Trinajstić information content (AvgIpc) is 2.80. The van der Waals surface area contributed by atoms with Crippen LogP contribution in [0.3, 0.4) is 0 Å². The first-order valence-electron chi connectivity index (χ1n) is 7.60. The predicted molar refractivity (Wildman–Crippen MR) is 81.9 cm³/mol. The lowest BCUT2D eigenvalue weighted by Crippen LogP contribution is -2.67. The Morgan fingerprint density at radius 1 is 1.41 bits per heavy atom. The molecule has 128 valence electrons. The number of carbonyl (C=O) groups is 1. The normalized spacial score (nSPS) is 24.7. The van der Waals surface area contributed by atoms with Crippen LogP contribution in [-0.4, -0.2) is 81.4 Å². The van der Waals surface area contributed by atoms with Crippen LogP contribution in [0.5, 0.6) is 0 Å². The highest BCUT2D eigenvalue weighted by Crippen LogP contribution is 2.41. The van der Waals surface area contributed by atoms with Gasteiger partial charge in [0.25, 0.3) is 0 Å². The maximum atomic E-state index is 12.1. The average molecular weight is 334 g/mol. The predicted octanol–water partition coefficient (Wildman–Crippen LogP) is -0.0797. The van der Waals surface area contributed by atoms with Crippen molar-refractivity contribution in [1.82, 2.24) is 9.21 Å². The van der Waals surface area contributed by atoms with Crippen molar-refractivity contribution in [2.75, 3.05) is 47.0 Å². The lowest BCUT2D eigenvalue weighted by Gasteiger charge is -2.49. The molecule has 8 heteroatoms. The van der Waals surface area contributed by atoms with Crippen molar-refractivity contribution in [3.05, 3.63) is 0 Å². The molecule has 0 N–H and O–H groups in total. The molecule has 0 aromatic heterocycles. The first-order valence-corrected chi connectivity index (χ1v) is 9.10. The number of likely N-dealkylation sites (N-methyl/N-ethyl adjacent to an activating group) is 1. The summed E-state index contributed by atoms with van der Waals surface area (Å²) in [4.78, 5) is 13.0. The number of carbonyl (C=O) groups excluding carboxylic acids is 1. The van der Waals surface area contributed by atoms with Crippen LogP contribution in [0.25, 0.3) is 0 Å². The van der Waals surface area contributed by atoms with Gasteiger partial charge in [0.05, 0.1) is 11.9 Å². The Labute approximate surface area is 132 Å². The third kappa shape index (κ3) is 3.29. The zero-order valence-electron chi connectivity index (χ0n) is 13.7. The van der Waals surface area contributed by atoms with E-state index in [-0.39, 0.29) is 18.4 Å². The second-order valence-corrected chi connectivity index (χ2v) is 9.05. The SMILES string of the molecule is CC(C)S(=O)(=O)N1CC2(C1)OCC[C@@H]2COCC(=O)N(C)C. The van der Waals surface area contributed by atoms with Gasteiger partial charge in [-0.15, -0.1) is 0 Å². The minimum Gasteiger partial charge on any atom is -0.372 e. The van der Waals surface area contributed by atoms with Gasteiger partial charge in [0.1, 0.15) is 12.2 Å². The Bertz CT molecular complexity index is 511. The topological polar surface area (TPSA) is 76.1 Å². The maximum absolute atomic E-state index is 12.1. The van der Waals surface area contributed by atoms with Crippen LogP contribution < -0.4 is 0 Å². The molecule has 2 fully saturated rings. The van der Waals surface area contributed by atoms with Crippen LogP contribution in [0.2, 0.25) is 0 Å². The first kappa shape index (κ1) is 17.7. The summed E-state index contributed by atoms with van der Waals surface area (Å²) >= 11 is 0. The summed E-state index contributed by atoms with van der Waals surface area (Å²) in [6, 6.07) is 0. The molecule has 0 aromatic carbocycles. The molecule has 1 atom stereocenters. The number of nitrogens with zero attached hydrogens (tertiary/aromatic N) is 2. The number of hydrogen-bond acceptors (Lipinski definition) is 5. The zero-order chi connectivity index (χ0) is 16.5. The van der Waals surface area contributed by atoms with Gasteiger partial charge in [-0.1, -0.05) is 0 Å². The Balaban J connectivity index is 1.87. The van der Waals surface area contributed by atoms with Crippen molar-refractivity contribution < 1.29 is 22.7 Å². The highest BCUT2D eigenvalue weighted by molar-refractivity contribution is 7.89. The molecule has 1 spiro atoms. The van der Waals surface area contributed by atoms with E-state index in [4.69, 9.17) is 9.47 Å². The van der Waals surface area contributed by atoms with E-state index in [1.54, 1.807) is 27.9 Å². The molecular formula is C14H26N2O5S. The fourth-order valence-electron chi connectivity index (χ4n) is 2.82. The van der Waals surface area contributed by atoms with E-state index in [0.29, 0.717) is 26.3 Å². The molecule has 2 rings (SSSR count). The van der Waals surface area contributed by atoms with E-state index in [0.717, 1.165) is 6.42 Å². The Hall–Kier alpha value is -0.700. The van der Waals surface area contributed by atoms with Gasteiger partial charge in [-0.25, -0.2) is 8.42 Å². The molecule has 0 aromatic rings. The van der Waals surface area contributed by atoms with E-state index in [2.05, 4.69) is 0 Å². The third-order valence-electron chi connectivity index (χ3n) is 4.49. The molecule has 2 aliphatic heterocycles. The molecule has 0 bridgehead atoms. The third-order valence-corrected chi connectivity index (χ3v) is 6.66. The minimum atomic E-state index is -3.22. The summed E-state index contributed by atoms with van der Waals surface area (Å²) in [5, 5.41) is -0.418. The quantitative estimate of drug-likeness (QED) is 0.679. The molecule has 0 unspecified atom stereocenters. The summed E-state index contributed by atoms with van der Waals surface area (Å²) in [7, 11) is 0.153. The van der Waals surface area contributed by atoms with Crippen molar-refractivity contribution >= 4 is 15.9 Å². The van der Waals surface area contributed by atoms with Gasteiger partial charge in [-0.05, 0) is 20.3 Å². The van der Waals surface area contributed by atoms with E-state index >= 15 is 0 Å². The number of rotatable bonds is 6. The standard InChI is InChI=1S/C14H26N2O5S/c1-11(2)22(18,19)16-9-14(10-16)12(5-6-21-14)7-20-8-13(17)15(3)4/h11-12H,5-10H2,1-4H3/t12-/m1/s1. The van der Waals surface area contributed by atoms with Crippen LogP contribution in [0.4, 0.5) is 0 Å². The Kier molecular flexibility index (Phi) is 5.16. The molecule has 0 saturated carbocycles. The van der Waals surface area contributed by atoms with E-state index in [9.17, 15) is 13.2 Å². The minimum absolute atomic E-state index is 0.0492. The van der Waals surface area contributed by atoms with Gasteiger partial charge in [0, 0.05) is 39.7 Å². The molecule has 2 heterocycles. The summed E-state index contributed by atoms with van der Waals surface area (Å²) in [6.45, 7) is 5.24. The molecule has 7 nitrogen and oxygen atoms in total. The van der Waals surface area contributed by atoms with Gasteiger partial charge in [0.2, 0.25) is 15.9 Å². The summed E-state index contributed by atoms with van der Waals surface area (Å²) < 4.78 is 37.1. The first-order chi connectivity index (χ1) is 10.2. The Morgan fingerprint density at radius 2 is 2.05 bits per heavy atom. The van der Waals surface area contributed by atoms with E-state index < -0.39 is 20.9 Å². The number of ether oxygens (including phenoxy) is 2. The summed E-state index contributed by atoms with van der Waals surface area (Å²) in [5.74, 6) is 0.0617. The van der Waals surface area contributed by atoms with Crippen LogP contribution >= 0.6 is 0 Å². The monoisotopic (exact) mass is 334 g/mol. The molecule has 2 aliphatic rings. The molecule has 0 aliphatic carbocycles. The van der Waals surface area contributed by atoms with Crippen LogP contribution in [-0.2, 0) is 24.3 Å². The van der Waals surface area contributed by atoms with Crippen LogP contribution in [0, 0.1) is 5.92 Å². The van der Waals surface area contributed by atoms with Gasteiger partial charge in [-0.3, -0.25) is 4.79 Å². The van der Waals surface area contributed by atoms with Gasteiger partial charge in [-0.2, -0.15) is 4.31 Å². The van der Waals surface area contributed by atoms with E-state index in [1.165, 1.54) is 9.21 Å². The fourth-order valence-corrected chi connectivity index (χ4v) is 4.21. The number of amides is 1. The molecule has 0 radical (unpaired) electrons. The second kappa shape index (κ2) is 6.43. The van der Waals surface area contributed by atoms with Gasteiger partial charge < -0.3 is 14.4 Å². The van der Waals surface area contributed by atoms with Crippen molar-refractivity contribution in [3.63, 3.8) is 0 Å². The van der Waals surface area contributed by atoms with Gasteiger partial charge in [0.15, 0.2) is 0 Å². The van der Waals surface area contributed by atoms with Crippen molar-refractivity contribution in [3.8, 4) is 0 Å². The smallest absolute Gasteiger partial charge is 0.248 e. The van der Waals surface area contributed by atoms with E-state index in [1.807, 2.05) is 0 Å². The largest absolute Gasteiger partial charge is 0.372 e. The van der Waals surface area contributed by atoms with Crippen molar-refractivity contribution in [2.24, 2.45) is 5.92 Å². The van der Waals surface area contributed by atoms with Crippen LogP contribution in [0.15, 0.2) is 0 Å². The molecule has 1 amide bonds. The lowest BCUT2D eigenvalue weighted by atomic mass is 9.83. The zero-order valence-corrected chi connectivity index (χ0v) is 14.6. The van der Waals surface area contributed by atoms with Crippen LogP contribution in [0.1, 0.15) is 20.3 Å². The molecular weight excluding hydrogens is 308 g/mol.